The van der Waals surface area contributed by atoms with Gasteiger partial charge in [-0.15, -0.1) is 22.7 Å². The lowest BCUT2D eigenvalue weighted by Crippen LogP contribution is -2.49. The van der Waals surface area contributed by atoms with Crippen LogP contribution in [0.25, 0.3) is 9.88 Å². The molecule has 0 N–H and O–H groups in total. The number of rotatable bonds is 4. The maximum absolute atomic E-state index is 12.7. The van der Waals surface area contributed by atoms with Gasteiger partial charge >= 0.3 is 0 Å². The molecule has 3 heterocycles. The van der Waals surface area contributed by atoms with Crippen LogP contribution >= 0.6 is 38.6 Å². The lowest BCUT2D eigenvalue weighted by atomic mass is 10.2. The minimum atomic E-state index is 0.170. The first-order valence-corrected chi connectivity index (χ1v) is 11.4. The summed E-state index contributed by atoms with van der Waals surface area (Å²) in [5.74, 6) is 0.170. The highest BCUT2D eigenvalue weighted by Gasteiger charge is 2.22. The Morgan fingerprint density at radius 3 is 2.67 bits per heavy atom. The average molecular weight is 462 g/mol. The zero-order valence-electron chi connectivity index (χ0n) is 15.0. The molecule has 2 aromatic heterocycles. The monoisotopic (exact) mass is 461 g/mol. The lowest BCUT2D eigenvalue weighted by Gasteiger charge is -2.36. The molecule has 3 aromatic rings. The van der Waals surface area contributed by atoms with Crippen LogP contribution in [-0.4, -0.2) is 42.0 Å². The third kappa shape index (κ3) is 4.42. The topological polar surface area (TPSA) is 36.4 Å². The minimum absolute atomic E-state index is 0.170. The summed E-state index contributed by atoms with van der Waals surface area (Å²) in [4.78, 5) is 22.8. The van der Waals surface area contributed by atoms with E-state index in [0.717, 1.165) is 46.2 Å². The molecule has 0 spiro atoms. The Hall–Kier alpha value is -1.70. The van der Waals surface area contributed by atoms with Gasteiger partial charge in [0.05, 0.1) is 17.0 Å². The molecular formula is C20H20BrN3OS2. The molecule has 1 saturated heterocycles. The number of amides is 1. The van der Waals surface area contributed by atoms with Crippen LogP contribution in [0.3, 0.4) is 0 Å². The Balaban J connectivity index is 1.34. The van der Waals surface area contributed by atoms with Gasteiger partial charge in [-0.1, -0.05) is 12.1 Å². The van der Waals surface area contributed by atoms with Crippen LogP contribution in [0.5, 0.6) is 0 Å². The SMILES string of the molecule is Cc1cccc(N2CCN(C(=O)Cc3csc(-c4cc(Br)cs4)n3)CC2)c1. The molecule has 1 aliphatic rings. The van der Waals surface area contributed by atoms with Crippen molar-refractivity contribution in [2.24, 2.45) is 0 Å². The summed E-state index contributed by atoms with van der Waals surface area (Å²) >= 11 is 6.74. The van der Waals surface area contributed by atoms with E-state index in [1.807, 2.05) is 10.3 Å². The number of piperazine rings is 1. The number of carbonyl (C=O) groups is 1. The number of hydrogen-bond donors (Lipinski definition) is 0. The first-order chi connectivity index (χ1) is 13.1. The summed E-state index contributed by atoms with van der Waals surface area (Å²) in [6.07, 6.45) is 0.382. The number of carbonyl (C=O) groups excluding carboxylic acids is 1. The van der Waals surface area contributed by atoms with Gasteiger partial charge in [-0.05, 0) is 46.6 Å². The van der Waals surface area contributed by atoms with Crippen molar-refractivity contribution in [2.75, 3.05) is 31.1 Å². The summed E-state index contributed by atoms with van der Waals surface area (Å²) in [5, 5.41) is 5.04. The van der Waals surface area contributed by atoms with Crippen molar-refractivity contribution in [2.45, 2.75) is 13.3 Å². The summed E-state index contributed by atoms with van der Waals surface area (Å²) < 4.78 is 1.07. The second-order valence-corrected chi connectivity index (χ2v) is 9.34. The number of thiophene rings is 1. The molecule has 0 saturated carbocycles. The standard InChI is InChI=1S/C20H20BrN3OS2/c1-14-3-2-4-17(9-14)23-5-7-24(8-6-23)19(25)11-16-13-27-20(22-16)18-10-15(21)12-26-18/h2-4,9-10,12-13H,5-8,11H2,1H3. The van der Waals surface area contributed by atoms with Crippen LogP contribution in [0.1, 0.15) is 11.3 Å². The fourth-order valence-electron chi connectivity index (χ4n) is 3.23. The van der Waals surface area contributed by atoms with Crippen LogP contribution in [0.4, 0.5) is 5.69 Å². The van der Waals surface area contributed by atoms with Gasteiger partial charge < -0.3 is 9.80 Å². The molecular weight excluding hydrogens is 442 g/mol. The van der Waals surface area contributed by atoms with E-state index >= 15 is 0 Å². The van der Waals surface area contributed by atoms with Gasteiger partial charge in [0.2, 0.25) is 5.91 Å². The molecule has 1 aromatic carbocycles. The van der Waals surface area contributed by atoms with Gasteiger partial charge in [-0.2, -0.15) is 0 Å². The highest BCUT2D eigenvalue weighted by molar-refractivity contribution is 9.10. The Bertz CT molecular complexity index is 944. The number of halogens is 1. The van der Waals surface area contributed by atoms with Crippen molar-refractivity contribution in [3.63, 3.8) is 0 Å². The third-order valence-electron chi connectivity index (χ3n) is 4.66. The first-order valence-electron chi connectivity index (χ1n) is 8.87. The van der Waals surface area contributed by atoms with E-state index in [9.17, 15) is 4.79 Å². The van der Waals surface area contributed by atoms with Crippen LogP contribution in [0.2, 0.25) is 0 Å². The summed E-state index contributed by atoms with van der Waals surface area (Å²) in [7, 11) is 0. The van der Waals surface area contributed by atoms with Crippen molar-refractivity contribution >= 4 is 50.2 Å². The highest BCUT2D eigenvalue weighted by Crippen LogP contribution is 2.32. The number of hydrogen-bond acceptors (Lipinski definition) is 5. The molecule has 7 heteroatoms. The van der Waals surface area contributed by atoms with Crippen LogP contribution in [-0.2, 0) is 11.2 Å². The van der Waals surface area contributed by atoms with Crippen molar-refractivity contribution in [1.82, 2.24) is 9.88 Å². The molecule has 4 rings (SSSR count). The summed E-state index contributed by atoms with van der Waals surface area (Å²) in [6, 6.07) is 10.6. The van der Waals surface area contributed by atoms with E-state index in [4.69, 9.17) is 0 Å². The number of benzene rings is 1. The quantitative estimate of drug-likeness (QED) is 0.557. The van der Waals surface area contributed by atoms with Gasteiger partial charge in [-0.3, -0.25) is 4.79 Å². The smallest absolute Gasteiger partial charge is 0.228 e. The largest absolute Gasteiger partial charge is 0.368 e. The highest BCUT2D eigenvalue weighted by atomic mass is 79.9. The van der Waals surface area contributed by atoms with Gasteiger partial charge in [0.25, 0.3) is 0 Å². The molecule has 0 aliphatic carbocycles. The van der Waals surface area contributed by atoms with Crippen LogP contribution in [0.15, 0.2) is 45.6 Å². The molecule has 1 fully saturated rings. The number of aromatic nitrogens is 1. The minimum Gasteiger partial charge on any atom is -0.368 e. The number of aryl methyl sites for hydroxylation is 1. The fraction of sp³-hybridized carbons (Fsp3) is 0.300. The molecule has 0 atom stereocenters. The molecule has 0 bridgehead atoms. The van der Waals surface area contributed by atoms with E-state index in [-0.39, 0.29) is 5.91 Å². The molecule has 0 radical (unpaired) electrons. The van der Waals surface area contributed by atoms with E-state index < -0.39 is 0 Å². The number of thiazole rings is 1. The maximum Gasteiger partial charge on any atom is 0.228 e. The predicted octanol–water partition coefficient (Wildman–Crippen LogP) is 4.83. The normalized spacial score (nSPS) is 14.6. The zero-order valence-corrected chi connectivity index (χ0v) is 18.2. The van der Waals surface area contributed by atoms with Crippen molar-refractivity contribution in [3.8, 4) is 9.88 Å². The first kappa shape index (κ1) is 18.7. The second-order valence-electron chi connectivity index (χ2n) is 6.66. The van der Waals surface area contributed by atoms with Gasteiger partial charge in [0.1, 0.15) is 5.01 Å². The molecule has 1 aliphatic heterocycles. The van der Waals surface area contributed by atoms with Gasteiger partial charge in [0.15, 0.2) is 0 Å². The van der Waals surface area contributed by atoms with Crippen molar-refractivity contribution in [1.29, 1.82) is 0 Å². The second kappa shape index (κ2) is 8.12. The zero-order chi connectivity index (χ0) is 18.8. The van der Waals surface area contributed by atoms with E-state index in [2.05, 4.69) is 68.4 Å². The van der Waals surface area contributed by atoms with Gasteiger partial charge in [0, 0.05) is 47.1 Å². The molecule has 0 unspecified atom stereocenters. The Kier molecular flexibility index (Phi) is 5.61. The average Bonchev–Trinajstić information content (AvgIpc) is 3.31. The summed E-state index contributed by atoms with van der Waals surface area (Å²) in [5.41, 5.74) is 3.38. The lowest BCUT2D eigenvalue weighted by molar-refractivity contribution is -0.130. The number of nitrogens with zero attached hydrogens (tertiary/aromatic N) is 3. The van der Waals surface area contributed by atoms with Crippen molar-refractivity contribution in [3.05, 3.63) is 56.8 Å². The molecule has 27 heavy (non-hydrogen) atoms. The third-order valence-corrected chi connectivity index (χ3v) is 7.41. The Morgan fingerprint density at radius 2 is 1.96 bits per heavy atom. The fourth-order valence-corrected chi connectivity index (χ4v) is 5.56. The Morgan fingerprint density at radius 1 is 1.15 bits per heavy atom. The van der Waals surface area contributed by atoms with Crippen LogP contribution in [0, 0.1) is 6.92 Å². The van der Waals surface area contributed by atoms with E-state index in [1.165, 1.54) is 11.3 Å². The molecule has 140 valence electrons. The predicted molar refractivity (Wildman–Crippen MR) is 117 cm³/mol. The van der Waals surface area contributed by atoms with Crippen molar-refractivity contribution < 1.29 is 4.79 Å². The van der Waals surface area contributed by atoms with E-state index in [0.29, 0.717) is 6.42 Å². The van der Waals surface area contributed by atoms with Gasteiger partial charge in [-0.25, -0.2) is 4.98 Å². The molecule has 4 nitrogen and oxygen atoms in total. The molecule has 1 amide bonds. The number of anilines is 1. The Labute approximate surface area is 175 Å². The summed E-state index contributed by atoms with van der Waals surface area (Å²) in [6.45, 7) is 5.39. The van der Waals surface area contributed by atoms with Crippen LogP contribution < -0.4 is 4.90 Å². The maximum atomic E-state index is 12.7. The van der Waals surface area contributed by atoms with E-state index in [1.54, 1.807) is 22.7 Å².